The van der Waals surface area contributed by atoms with Crippen LogP contribution in [0.4, 0.5) is 5.69 Å². The summed E-state index contributed by atoms with van der Waals surface area (Å²) in [7, 11) is 0. The zero-order valence-corrected chi connectivity index (χ0v) is 9.49. The predicted octanol–water partition coefficient (Wildman–Crippen LogP) is 2.57. The third-order valence-electron chi connectivity index (χ3n) is 2.47. The van der Waals surface area contributed by atoms with E-state index in [2.05, 4.69) is 6.92 Å². The van der Waals surface area contributed by atoms with Crippen LogP contribution in [0.1, 0.15) is 26.2 Å². The highest BCUT2D eigenvalue weighted by Gasteiger charge is 2.19. The van der Waals surface area contributed by atoms with E-state index in [9.17, 15) is 0 Å². The van der Waals surface area contributed by atoms with Gasteiger partial charge in [-0.3, -0.25) is 0 Å². The van der Waals surface area contributed by atoms with E-state index in [-0.39, 0.29) is 6.79 Å². The van der Waals surface area contributed by atoms with E-state index in [1.54, 1.807) is 12.1 Å². The van der Waals surface area contributed by atoms with Gasteiger partial charge < -0.3 is 19.9 Å². The van der Waals surface area contributed by atoms with Gasteiger partial charge in [-0.15, -0.1) is 0 Å². The number of hydrogen-bond acceptors (Lipinski definition) is 4. The predicted molar refractivity (Wildman–Crippen MR) is 62.0 cm³/mol. The maximum Gasteiger partial charge on any atom is 0.231 e. The minimum Gasteiger partial charge on any atom is -0.489 e. The Morgan fingerprint density at radius 1 is 1.31 bits per heavy atom. The van der Waals surface area contributed by atoms with Gasteiger partial charge in [-0.2, -0.15) is 0 Å². The standard InChI is InChI=1S/C12H17NO3/c1-2-3-4-5-14-10-6-9(13)7-11-12(10)16-8-15-11/h6-7H,2-5,8,13H2,1H3. The lowest BCUT2D eigenvalue weighted by Gasteiger charge is -2.09. The molecule has 1 aromatic rings. The average molecular weight is 223 g/mol. The fourth-order valence-electron chi connectivity index (χ4n) is 1.64. The van der Waals surface area contributed by atoms with Crippen LogP contribution in [0.3, 0.4) is 0 Å². The van der Waals surface area contributed by atoms with Gasteiger partial charge in [0.2, 0.25) is 12.5 Å². The number of ether oxygens (including phenoxy) is 3. The van der Waals surface area contributed by atoms with Gasteiger partial charge in [-0.05, 0) is 6.42 Å². The Kier molecular flexibility index (Phi) is 3.39. The summed E-state index contributed by atoms with van der Waals surface area (Å²) in [5, 5.41) is 0. The second kappa shape index (κ2) is 4.96. The molecule has 0 saturated carbocycles. The fraction of sp³-hybridized carbons (Fsp3) is 0.500. The molecule has 1 aliphatic rings. The maximum atomic E-state index is 5.75. The molecule has 88 valence electrons. The number of nitrogens with two attached hydrogens (primary N) is 1. The van der Waals surface area contributed by atoms with Gasteiger partial charge in [-0.1, -0.05) is 19.8 Å². The Bertz CT molecular complexity index is 366. The van der Waals surface area contributed by atoms with E-state index in [0.29, 0.717) is 29.5 Å². The Labute approximate surface area is 95.3 Å². The van der Waals surface area contributed by atoms with E-state index in [1.807, 2.05) is 0 Å². The van der Waals surface area contributed by atoms with Crippen molar-refractivity contribution in [2.45, 2.75) is 26.2 Å². The molecule has 1 aromatic carbocycles. The van der Waals surface area contributed by atoms with Gasteiger partial charge in [0.05, 0.1) is 6.61 Å². The highest BCUT2D eigenvalue weighted by Crippen LogP contribution is 2.42. The highest BCUT2D eigenvalue weighted by molar-refractivity contribution is 5.61. The lowest BCUT2D eigenvalue weighted by Crippen LogP contribution is -1.99. The maximum absolute atomic E-state index is 5.75. The molecule has 2 N–H and O–H groups in total. The van der Waals surface area contributed by atoms with E-state index in [1.165, 1.54) is 12.8 Å². The summed E-state index contributed by atoms with van der Waals surface area (Å²) in [6.45, 7) is 3.09. The number of hydrogen-bond donors (Lipinski definition) is 1. The second-order valence-corrected chi connectivity index (χ2v) is 3.81. The Morgan fingerprint density at radius 3 is 3.00 bits per heavy atom. The normalized spacial score (nSPS) is 12.8. The first-order chi connectivity index (χ1) is 7.81. The summed E-state index contributed by atoms with van der Waals surface area (Å²) in [6.07, 6.45) is 3.39. The third kappa shape index (κ3) is 2.32. The minimum atomic E-state index is 0.240. The van der Waals surface area contributed by atoms with E-state index in [0.717, 1.165) is 6.42 Å². The smallest absolute Gasteiger partial charge is 0.231 e. The molecule has 0 fully saturated rings. The molecule has 0 atom stereocenters. The van der Waals surface area contributed by atoms with Crippen LogP contribution in [0.2, 0.25) is 0 Å². The Morgan fingerprint density at radius 2 is 2.19 bits per heavy atom. The molecule has 0 aliphatic carbocycles. The van der Waals surface area contributed by atoms with Crippen molar-refractivity contribution in [3.63, 3.8) is 0 Å². The molecule has 4 nitrogen and oxygen atoms in total. The zero-order valence-electron chi connectivity index (χ0n) is 9.49. The van der Waals surface area contributed by atoms with Crippen molar-refractivity contribution in [2.75, 3.05) is 19.1 Å². The SMILES string of the molecule is CCCCCOc1cc(N)cc2c1OCO2. The fourth-order valence-corrected chi connectivity index (χ4v) is 1.64. The molecule has 0 aromatic heterocycles. The highest BCUT2D eigenvalue weighted by atomic mass is 16.7. The van der Waals surface area contributed by atoms with Gasteiger partial charge in [0.1, 0.15) is 0 Å². The molecule has 16 heavy (non-hydrogen) atoms. The van der Waals surface area contributed by atoms with Crippen LogP contribution in [-0.2, 0) is 0 Å². The Balaban J connectivity index is 2.03. The molecule has 2 rings (SSSR count). The molecule has 4 heteroatoms. The van der Waals surface area contributed by atoms with Crippen molar-refractivity contribution in [1.82, 2.24) is 0 Å². The van der Waals surface area contributed by atoms with Crippen LogP contribution in [0.5, 0.6) is 17.2 Å². The summed E-state index contributed by atoms with van der Waals surface area (Å²) in [5.41, 5.74) is 6.38. The van der Waals surface area contributed by atoms with Gasteiger partial charge in [0.25, 0.3) is 0 Å². The van der Waals surface area contributed by atoms with Crippen molar-refractivity contribution in [2.24, 2.45) is 0 Å². The summed E-state index contributed by atoms with van der Waals surface area (Å²) in [4.78, 5) is 0. The van der Waals surface area contributed by atoms with Crippen LogP contribution in [0, 0.1) is 0 Å². The topological polar surface area (TPSA) is 53.7 Å². The molecule has 1 heterocycles. The van der Waals surface area contributed by atoms with Crippen LogP contribution in [-0.4, -0.2) is 13.4 Å². The first-order valence-electron chi connectivity index (χ1n) is 5.63. The quantitative estimate of drug-likeness (QED) is 0.615. The molecule has 0 radical (unpaired) electrons. The molecule has 0 spiro atoms. The van der Waals surface area contributed by atoms with Crippen molar-refractivity contribution >= 4 is 5.69 Å². The molecular weight excluding hydrogens is 206 g/mol. The number of rotatable bonds is 5. The second-order valence-electron chi connectivity index (χ2n) is 3.81. The molecule has 0 unspecified atom stereocenters. The van der Waals surface area contributed by atoms with E-state index in [4.69, 9.17) is 19.9 Å². The van der Waals surface area contributed by atoms with Gasteiger partial charge in [0.15, 0.2) is 11.5 Å². The number of benzene rings is 1. The molecular formula is C12H17NO3. The number of unbranched alkanes of at least 4 members (excludes halogenated alkanes) is 2. The van der Waals surface area contributed by atoms with Crippen molar-refractivity contribution in [3.05, 3.63) is 12.1 Å². The van der Waals surface area contributed by atoms with Gasteiger partial charge in [-0.25, -0.2) is 0 Å². The Hall–Kier alpha value is -1.58. The molecule has 0 saturated heterocycles. The monoisotopic (exact) mass is 223 g/mol. The number of fused-ring (bicyclic) bond motifs is 1. The summed E-state index contributed by atoms with van der Waals surface area (Å²) in [5.74, 6) is 2.03. The van der Waals surface area contributed by atoms with Crippen LogP contribution >= 0.6 is 0 Å². The van der Waals surface area contributed by atoms with Gasteiger partial charge in [0, 0.05) is 17.8 Å². The van der Waals surface area contributed by atoms with Gasteiger partial charge >= 0.3 is 0 Å². The number of anilines is 1. The number of nitrogen functional groups attached to an aromatic ring is 1. The van der Waals surface area contributed by atoms with E-state index >= 15 is 0 Å². The lowest BCUT2D eigenvalue weighted by molar-refractivity contribution is 0.169. The first-order valence-corrected chi connectivity index (χ1v) is 5.63. The lowest BCUT2D eigenvalue weighted by atomic mass is 10.2. The average Bonchev–Trinajstić information content (AvgIpc) is 2.72. The van der Waals surface area contributed by atoms with E-state index < -0.39 is 0 Å². The van der Waals surface area contributed by atoms with Crippen molar-refractivity contribution in [1.29, 1.82) is 0 Å². The van der Waals surface area contributed by atoms with Crippen LogP contribution in [0.15, 0.2) is 12.1 Å². The van der Waals surface area contributed by atoms with Crippen molar-refractivity contribution < 1.29 is 14.2 Å². The summed E-state index contributed by atoms with van der Waals surface area (Å²) < 4.78 is 16.3. The molecule has 0 bridgehead atoms. The van der Waals surface area contributed by atoms with Crippen molar-refractivity contribution in [3.8, 4) is 17.2 Å². The minimum absolute atomic E-state index is 0.240. The summed E-state index contributed by atoms with van der Waals surface area (Å²) in [6, 6.07) is 3.53. The van der Waals surface area contributed by atoms with Crippen LogP contribution < -0.4 is 19.9 Å². The molecule has 1 aliphatic heterocycles. The molecule has 0 amide bonds. The summed E-state index contributed by atoms with van der Waals surface area (Å²) >= 11 is 0. The largest absolute Gasteiger partial charge is 0.489 e. The van der Waals surface area contributed by atoms with Crippen LogP contribution in [0.25, 0.3) is 0 Å². The first kappa shape index (κ1) is 10.9. The third-order valence-corrected chi connectivity index (χ3v) is 2.47. The zero-order chi connectivity index (χ0) is 11.4.